The van der Waals surface area contributed by atoms with Gasteiger partial charge in [-0.25, -0.2) is 4.98 Å². The normalized spacial score (nSPS) is 14.8. The molecule has 0 unspecified atom stereocenters. The minimum Gasteiger partial charge on any atom is -0.474 e. The summed E-state index contributed by atoms with van der Waals surface area (Å²) in [4.78, 5) is 19.5. The number of pyridine rings is 1. The third-order valence-electron chi connectivity index (χ3n) is 6.35. The van der Waals surface area contributed by atoms with E-state index in [0.29, 0.717) is 18.0 Å². The summed E-state index contributed by atoms with van der Waals surface area (Å²) in [6, 6.07) is 21.7. The zero-order valence-corrected chi connectivity index (χ0v) is 20.2. The summed E-state index contributed by atoms with van der Waals surface area (Å²) >= 11 is 0. The van der Waals surface area contributed by atoms with Gasteiger partial charge in [-0.15, -0.1) is 0 Å². The van der Waals surface area contributed by atoms with Gasteiger partial charge in [0.2, 0.25) is 5.88 Å². The molecule has 5 nitrogen and oxygen atoms in total. The van der Waals surface area contributed by atoms with Crippen molar-refractivity contribution in [2.45, 2.75) is 45.8 Å². The Morgan fingerprint density at radius 1 is 1.00 bits per heavy atom. The Hall–Kier alpha value is -3.18. The molecular weight excluding hydrogens is 422 g/mol. The highest BCUT2D eigenvalue weighted by Crippen LogP contribution is 2.20. The number of piperidine rings is 1. The molecular formula is C29H35N3O2. The van der Waals surface area contributed by atoms with Crippen LogP contribution in [0.4, 0.5) is 0 Å². The highest BCUT2D eigenvalue weighted by Gasteiger charge is 2.20. The van der Waals surface area contributed by atoms with Gasteiger partial charge in [-0.05, 0) is 60.5 Å². The minimum absolute atomic E-state index is 0.0934. The SMILES string of the molecule is CC(C)CCN1CCC(Oc2ccc(CNC(=O)c3ccc(-c4ccccc4)cc3)cn2)CC1. The van der Waals surface area contributed by atoms with E-state index in [2.05, 4.69) is 41.2 Å². The molecule has 2 aromatic carbocycles. The lowest BCUT2D eigenvalue weighted by Crippen LogP contribution is -2.39. The van der Waals surface area contributed by atoms with Crippen molar-refractivity contribution in [3.05, 3.63) is 84.1 Å². The van der Waals surface area contributed by atoms with Gasteiger partial charge >= 0.3 is 0 Å². The fraction of sp³-hybridized carbons (Fsp3) is 0.379. The predicted molar refractivity (Wildman–Crippen MR) is 137 cm³/mol. The van der Waals surface area contributed by atoms with Gasteiger partial charge in [-0.2, -0.15) is 0 Å². The molecule has 1 aliphatic rings. The van der Waals surface area contributed by atoms with Gasteiger partial charge in [-0.1, -0.05) is 62.4 Å². The van der Waals surface area contributed by atoms with Gasteiger partial charge in [0.15, 0.2) is 0 Å². The molecule has 1 aromatic heterocycles. The van der Waals surface area contributed by atoms with Crippen LogP contribution in [-0.4, -0.2) is 41.5 Å². The van der Waals surface area contributed by atoms with Gasteiger partial charge in [0.05, 0.1) is 0 Å². The number of hydrogen-bond acceptors (Lipinski definition) is 4. The molecule has 2 heterocycles. The second kappa shape index (κ2) is 11.8. The summed E-state index contributed by atoms with van der Waals surface area (Å²) in [6.45, 7) is 8.35. The van der Waals surface area contributed by atoms with E-state index in [1.54, 1.807) is 6.20 Å². The van der Waals surface area contributed by atoms with Gasteiger partial charge in [0.25, 0.3) is 5.91 Å². The number of benzene rings is 2. The second-order valence-electron chi connectivity index (χ2n) is 9.47. The van der Waals surface area contributed by atoms with Crippen LogP contribution in [0.3, 0.4) is 0 Å². The number of aromatic nitrogens is 1. The molecule has 34 heavy (non-hydrogen) atoms. The summed E-state index contributed by atoms with van der Waals surface area (Å²) in [5, 5.41) is 2.97. The quantitative estimate of drug-likeness (QED) is 0.457. The van der Waals surface area contributed by atoms with Crippen LogP contribution in [0, 0.1) is 5.92 Å². The van der Waals surface area contributed by atoms with Crippen molar-refractivity contribution in [1.82, 2.24) is 15.2 Å². The highest BCUT2D eigenvalue weighted by atomic mass is 16.5. The van der Waals surface area contributed by atoms with Gasteiger partial charge in [-0.3, -0.25) is 4.79 Å². The molecule has 5 heteroatoms. The van der Waals surface area contributed by atoms with Crippen molar-refractivity contribution in [3.8, 4) is 17.0 Å². The van der Waals surface area contributed by atoms with E-state index in [9.17, 15) is 4.79 Å². The van der Waals surface area contributed by atoms with Crippen LogP contribution in [0.5, 0.6) is 5.88 Å². The summed E-state index contributed by atoms with van der Waals surface area (Å²) in [5.41, 5.74) is 3.83. The molecule has 178 valence electrons. The standard InChI is InChI=1S/C29H35N3O2/c1-22(2)14-17-32-18-15-27(16-19-32)34-28-13-8-23(20-30-28)21-31-29(33)26-11-9-25(10-12-26)24-6-4-3-5-7-24/h3-13,20,22,27H,14-19,21H2,1-2H3,(H,31,33). The first-order valence-electron chi connectivity index (χ1n) is 12.3. The van der Waals surface area contributed by atoms with Crippen LogP contribution in [0.25, 0.3) is 11.1 Å². The Balaban J connectivity index is 1.21. The van der Waals surface area contributed by atoms with Gasteiger partial charge < -0.3 is 15.0 Å². The smallest absolute Gasteiger partial charge is 0.251 e. The highest BCUT2D eigenvalue weighted by molar-refractivity contribution is 5.94. The second-order valence-corrected chi connectivity index (χ2v) is 9.47. The average Bonchev–Trinajstić information content (AvgIpc) is 2.88. The molecule has 0 bridgehead atoms. The Labute approximate surface area is 203 Å². The van der Waals surface area contributed by atoms with Crippen molar-refractivity contribution >= 4 is 5.91 Å². The molecule has 1 aliphatic heterocycles. The third-order valence-corrected chi connectivity index (χ3v) is 6.35. The van der Waals surface area contributed by atoms with Crippen LogP contribution in [0.1, 0.15) is 49.0 Å². The van der Waals surface area contributed by atoms with Crippen LogP contribution >= 0.6 is 0 Å². The van der Waals surface area contributed by atoms with E-state index in [0.717, 1.165) is 48.5 Å². The number of hydrogen-bond donors (Lipinski definition) is 1. The lowest BCUT2D eigenvalue weighted by Gasteiger charge is -2.32. The Morgan fingerprint density at radius 2 is 1.71 bits per heavy atom. The van der Waals surface area contributed by atoms with Crippen molar-refractivity contribution in [3.63, 3.8) is 0 Å². The summed E-state index contributed by atoms with van der Waals surface area (Å²) < 4.78 is 6.10. The Bertz CT molecular complexity index is 1030. The number of carbonyl (C=O) groups excluding carboxylic acids is 1. The molecule has 1 N–H and O–H groups in total. The summed E-state index contributed by atoms with van der Waals surface area (Å²) in [7, 11) is 0. The first-order valence-corrected chi connectivity index (χ1v) is 12.3. The third kappa shape index (κ3) is 6.91. The number of carbonyl (C=O) groups is 1. The molecule has 1 saturated heterocycles. The monoisotopic (exact) mass is 457 g/mol. The number of nitrogens with one attached hydrogen (secondary N) is 1. The molecule has 0 atom stereocenters. The number of ether oxygens (including phenoxy) is 1. The van der Waals surface area contributed by atoms with E-state index in [-0.39, 0.29) is 12.0 Å². The van der Waals surface area contributed by atoms with E-state index in [4.69, 9.17) is 4.74 Å². The molecule has 4 rings (SSSR count). The van der Waals surface area contributed by atoms with Crippen LogP contribution in [0.15, 0.2) is 72.9 Å². The molecule has 0 saturated carbocycles. The fourth-order valence-corrected chi connectivity index (χ4v) is 4.18. The molecule has 0 spiro atoms. The summed E-state index contributed by atoms with van der Waals surface area (Å²) in [6.07, 6.45) is 5.35. The van der Waals surface area contributed by atoms with Gasteiger partial charge in [0, 0.05) is 37.5 Å². The average molecular weight is 458 g/mol. The molecule has 1 amide bonds. The van der Waals surface area contributed by atoms with E-state index in [1.165, 1.54) is 13.0 Å². The number of nitrogens with zero attached hydrogens (tertiary/aromatic N) is 2. The van der Waals surface area contributed by atoms with Crippen molar-refractivity contribution < 1.29 is 9.53 Å². The number of likely N-dealkylation sites (tertiary alicyclic amines) is 1. The summed E-state index contributed by atoms with van der Waals surface area (Å²) in [5.74, 6) is 1.32. The molecule has 1 fully saturated rings. The zero-order chi connectivity index (χ0) is 23.8. The minimum atomic E-state index is -0.0934. The van der Waals surface area contributed by atoms with Crippen LogP contribution in [0.2, 0.25) is 0 Å². The molecule has 0 radical (unpaired) electrons. The van der Waals surface area contributed by atoms with Crippen LogP contribution in [-0.2, 0) is 6.54 Å². The Kier molecular flexibility index (Phi) is 8.31. The molecule has 0 aliphatic carbocycles. The van der Waals surface area contributed by atoms with Crippen LogP contribution < -0.4 is 10.1 Å². The lowest BCUT2D eigenvalue weighted by molar-refractivity contribution is 0.0944. The fourth-order valence-electron chi connectivity index (χ4n) is 4.18. The maximum Gasteiger partial charge on any atom is 0.251 e. The van der Waals surface area contributed by atoms with Crippen molar-refractivity contribution in [1.29, 1.82) is 0 Å². The Morgan fingerprint density at radius 3 is 2.35 bits per heavy atom. The zero-order valence-electron chi connectivity index (χ0n) is 20.2. The van der Waals surface area contributed by atoms with E-state index < -0.39 is 0 Å². The first kappa shape index (κ1) is 24.0. The molecule has 3 aromatic rings. The lowest BCUT2D eigenvalue weighted by atomic mass is 10.0. The van der Waals surface area contributed by atoms with E-state index in [1.807, 2.05) is 54.6 Å². The van der Waals surface area contributed by atoms with Gasteiger partial charge in [0.1, 0.15) is 6.10 Å². The van der Waals surface area contributed by atoms with E-state index >= 15 is 0 Å². The topological polar surface area (TPSA) is 54.5 Å². The van der Waals surface area contributed by atoms with Crippen molar-refractivity contribution in [2.24, 2.45) is 5.92 Å². The maximum atomic E-state index is 12.5. The number of amides is 1. The maximum absolute atomic E-state index is 12.5. The number of rotatable bonds is 9. The predicted octanol–water partition coefficient (Wildman–Crippen LogP) is 5.57. The first-order chi connectivity index (χ1) is 16.6. The van der Waals surface area contributed by atoms with Crippen molar-refractivity contribution in [2.75, 3.05) is 19.6 Å². The largest absolute Gasteiger partial charge is 0.474 e.